The average Bonchev–Trinajstić information content (AvgIpc) is 2.33. The normalized spacial score (nSPS) is 13.7. The molecule has 0 aromatic carbocycles. The highest BCUT2D eigenvalue weighted by molar-refractivity contribution is 8.14. The molecular weight excluding hydrogens is 314 g/mol. The summed E-state index contributed by atoms with van der Waals surface area (Å²) < 4.78 is 9.78. The Labute approximate surface area is 132 Å². The zero-order chi connectivity index (χ0) is 17.5. The van der Waals surface area contributed by atoms with E-state index in [9.17, 15) is 19.2 Å². The standard InChI is InChI=1S/C13H21NO7S/c1-7(10(17)14-6-9(15)16)22-12(19)21-8(2)20-11(18)13(3,4)5/h7-8H,6H2,1-5H3,(H,14,17)(H,15,16)/t7?,8-/m1/s1. The molecule has 0 saturated heterocycles. The van der Waals surface area contributed by atoms with Crippen LogP contribution in [0.25, 0.3) is 0 Å². The number of amides is 1. The summed E-state index contributed by atoms with van der Waals surface area (Å²) >= 11 is 0.565. The van der Waals surface area contributed by atoms with Crippen LogP contribution >= 0.6 is 11.8 Å². The Hall–Kier alpha value is -1.77. The van der Waals surface area contributed by atoms with Crippen LogP contribution in [-0.4, -0.2) is 46.3 Å². The van der Waals surface area contributed by atoms with Gasteiger partial charge in [0.25, 0.3) is 0 Å². The third kappa shape index (κ3) is 8.50. The molecule has 2 N–H and O–H groups in total. The van der Waals surface area contributed by atoms with Crippen molar-refractivity contribution in [3.05, 3.63) is 0 Å². The van der Waals surface area contributed by atoms with Gasteiger partial charge in [0.15, 0.2) is 0 Å². The minimum absolute atomic E-state index is 0.523. The van der Waals surface area contributed by atoms with E-state index in [4.69, 9.17) is 14.6 Å². The molecule has 0 aromatic heterocycles. The Bertz CT molecular complexity index is 444. The minimum atomic E-state index is -1.18. The number of ether oxygens (including phenoxy) is 2. The lowest BCUT2D eigenvalue weighted by Crippen LogP contribution is -2.35. The van der Waals surface area contributed by atoms with E-state index in [0.29, 0.717) is 11.8 Å². The zero-order valence-corrected chi connectivity index (χ0v) is 14.0. The van der Waals surface area contributed by atoms with Crippen molar-refractivity contribution in [3.8, 4) is 0 Å². The average molecular weight is 335 g/mol. The van der Waals surface area contributed by atoms with E-state index in [1.54, 1.807) is 20.8 Å². The number of carbonyl (C=O) groups excluding carboxylic acids is 3. The quantitative estimate of drug-likeness (QED) is 0.552. The molecule has 0 aliphatic heterocycles. The fraction of sp³-hybridized carbons (Fsp3) is 0.692. The van der Waals surface area contributed by atoms with E-state index in [-0.39, 0.29) is 0 Å². The second-order valence-electron chi connectivity index (χ2n) is 5.46. The van der Waals surface area contributed by atoms with Crippen LogP contribution in [-0.2, 0) is 23.9 Å². The maximum Gasteiger partial charge on any atom is 0.371 e. The number of rotatable bonds is 6. The molecular formula is C13H21NO7S. The van der Waals surface area contributed by atoms with Gasteiger partial charge in [-0.3, -0.25) is 14.4 Å². The lowest BCUT2D eigenvalue weighted by Gasteiger charge is -2.21. The Balaban J connectivity index is 4.24. The number of nitrogens with one attached hydrogen (secondary N) is 1. The molecule has 0 radical (unpaired) electrons. The minimum Gasteiger partial charge on any atom is -0.480 e. The fourth-order valence-electron chi connectivity index (χ4n) is 1.02. The molecule has 0 aliphatic carbocycles. The highest BCUT2D eigenvalue weighted by atomic mass is 32.2. The summed E-state index contributed by atoms with van der Waals surface area (Å²) in [6.45, 7) is 7.26. The third-order valence-corrected chi connectivity index (χ3v) is 3.06. The molecule has 0 rings (SSSR count). The maximum absolute atomic E-state index is 11.6. The van der Waals surface area contributed by atoms with Crippen molar-refractivity contribution in [2.24, 2.45) is 5.41 Å². The molecule has 0 bridgehead atoms. The fourth-order valence-corrected chi connectivity index (χ4v) is 1.69. The van der Waals surface area contributed by atoms with Crippen LogP contribution < -0.4 is 5.32 Å². The van der Waals surface area contributed by atoms with E-state index in [1.807, 2.05) is 0 Å². The van der Waals surface area contributed by atoms with Crippen molar-refractivity contribution < 1.29 is 33.8 Å². The van der Waals surface area contributed by atoms with E-state index >= 15 is 0 Å². The molecule has 0 saturated carbocycles. The van der Waals surface area contributed by atoms with E-state index in [0.717, 1.165) is 0 Å². The van der Waals surface area contributed by atoms with Gasteiger partial charge in [-0.2, -0.15) is 0 Å². The van der Waals surface area contributed by atoms with E-state index < -0.39 is 46.6 Å². The SMILES string of the molecule is CC(SC(=O)O[C@H](C)OC(=O)C(C)(C)C)C(=O)NCC(=O)O. The van der Waals surface area contributed by atoms with Crippen LogP contribution in [0.4, 0.5) is 4.79 Å². The first-order chi connectivity index (χ1) is 9.93. The van der Waals surface area contributed by atoms with Crippen molar-refractivity contribution >= 4 is 34.9 Å². The number of thioether (sulfide) groups is 1. The summed E-state index contributed by atoms with van der Waals surface area (Å²) in [6, 6.07) is 0. The van der Waals surface area contributed by atoms with Crippen molar-refractivity contribution in [1.29, 1.82) is 0 Å². The van der Waals surface area contributed by atoms with Crippen LogP contribution in [0.15, 0.2) is 0 Å². The summed E-state index contributed by atoms with van der Waals surface area (Å²) in [6.07, 6.45) is -1.08. The van der Waals surface area contributed by atoms with Crippen LogP contribution in [0, 0.1) is 5.41 Å². The van der Waals surface area contributed by atoms with Crippen LogP contribution in [0.1, 0.15) is 34.6 Å². The maximum atomic E-state index is 11.6. The first-order valence-electron chi connectivity index (χ1n) is 6.51. The van der Waals surface area contributed by atoms with E-state index in [2.05, 4.69) is 5.32 Å². The molecule has 1 unspecified atom stereocenters. The van der Waals surface area contributed by atoms with Gasteiger partial charge >= 0.3 is 17.2 Å². The third-order valence-electron chi connectivity index (χ3n) is 2.20. The van der Waals surface area contributed by atoms with Gasteiger partial charge < -0.3 is 19.9 Å². The monoisotopic (exact) mass is 335 g/mol. The highest BCUT2D eigenvalue weighted by Crippen LogP contribution is 2.19. The molecule has 0 spiro atoms. The van der Waals surface area contributed by atoms with Crippen LogP contribution in [0.3, 0.4) is 0 Å². The first-order valence-corrected chi connectivity index (χ1v) is 7.39. The number of esters is 1. The van der Waals surface area contributed by atoms with Crippen molar-refractivity contribution in [2.75, 3.05) is 6.54 Å². The van der Waals surface area contributed by atoms with Crippen molar-refractivity contribution in [1.82, 2.24) is 5.32 Å². The van der Waals surface area contributed by atoms with Gasteiger partial charge in [0.1, 0.15) is 6.54 Å². The van der Waals surface area contributed by atoms with Gasteiger partial charge in [-0.05, 0) is 39.5 Å². The smallest absolute Gasteiger partial charge is 0.371 e. The summed E-state index contributed by atoms with van der Waals surface area (Å²) in [4.78, 5) is 45.0. The Morgan fingerprint density at radius 2 is 1.68 bits per heavy atom. The van der Waals surface area contributed by atoms with E-state index in [1.165, 1.54) is 13.8 Å². The van der Waals surface area contributed by atoms with Gasteiger partial charge in [-0.15, -0.1) is 0 Å². The number of aliphatic carboxylic acids is 1. The van der Waals surface area contributed by atoms with Gasteiger partial charge in [-0.1, -0.05) is 0 Å². The van der Waals surface area contributed by atoms with Gasteiger partial charge in [0, 0.05) is 6.92 Å². The van der Waals surface area contributed by atoms with Gasteiger partial charge in [0.05, 0.1) is 10.7 Å². The first kappa shape index (κ1) is 20.2. The lowest BCUT2D eigenvalue weighted by molar-refractivity contribution is -0.173. The molecule has 0 aliphatic rings. The van der Waals surface area contributed by atoms with Crippen molar-refractivity contribution in [3.63, 3.8) is 0 Å². The second kappa shape index (κ2) is 8.62. The highest BCUT2D eigenvalue weighted by Gasteiger charge is 2.27. The Morgan fingerprint density at radius 1 is 1.14 bits per heavy atom. The largest absolute Gasteiger partial charge is 0.480 e. The topological polar surface area (TPSA) is 119 Å². The van der Waals surface area contributed by atoms with Crippen LogP contribution in [0.5, 0.6) is 0 Å². The molecule has 2 atom stereocenters. The zero-order valence-electron chi connectivity index (χ0n) is 13.2. The van der Waals surface area contributed by atoms with Crippen molar-refractivity contribution in [2.45, 2.75) is 46.2 Å². The molecule has 126 valence electrons. The molecule has 1 amide bonds. The van der Waals surface area contributed by atoms with Gasteiger partial charge in [0.2, 0.25) is 12.2 Å². The molecule has 9 heteroatoms. The summed E-state index contributed by atoms with van der Waals surface area (Å²) in [7, 11) is 0. The predicted octanol–water partition coefficient (Wildman–Crippen LogP) is 1.38. The lowest BCUT2D eigenvalue weighted by atomic mass is 9.97. The molecule has 8 nitrogen and oxygen atoms in total. The second-order valence-corrected chi connectivity index (χ2v) is 6.74. The van der Waals surface area contributed by atoms with Gasteiger partial charge in [-0.25, -0.2) is 4.79 Å². The van der Waals surface area contributed by atoms with Crippen LogP contribution in [0.2, 0.25) is 0 Å². The number of hydrogen-bond donors (Lipinski definition) is 2. The summed E-state index contributed by atoms with van der Waals surface area (Å²) in [5.41, 5.74) is -0.724. The number of carbonyl (C=O) groups is 4. The number of carboxylic acid groups (broad SMARTS) is 1. The Kier molecular flexibility index (Phi) is 7.93. The molecule has 0 aromatic rings. The molecule has 0 heterocycles. The summed E-state index contributed by atoms with van der Waals surface area (Å²) in [5.74, 6) is -2.32. The molecule has 22 heavy (non-hydrogen) atoms. The number of hydrogen-bond acceptors (Lipinski definition) is 7. The number of carboxylic acids is 1. The Morgan fingerprint density at radius 3 is 2.14 bits per heavy atom. The molecule has 0 fully saturated rings. The summed E-state index contributed by atoms with van der Waals surface area (Å²) in [5, 5.41) is 8.94. The predicted molar refractivity (Wildman–Crippen MR) is 79.2 cm³/mol.